The molecule has 6 nitrogen and oxygen atoms in total. The number of halogens is 1. The third-order valence-electron chi connectivity index (χ3n) is 2.79. The highest BCUT2D eigenvalue weighted by molar-refractivity contribution is 6.32. The minimum absolute atomic E-state index is 0.149. The van der Waals surface area contributed by atoms with Crippen LogP contribution in [0.4, 0.5) is 0 Å². The number of methoxy groups -OCH3 is 1. The van der Waals surface area contributed by atoms with Gasteiger partial charge in [-0.3, -0.25) is 4.79 Å². The van der Waals surface area contributed by atoms with Crippen LogP contribution in [-0.4, -0.2) is 37.6 Å². The van der Waals surface area contributed by atoms with Crippen molar-refractivity contribution in [1.29, 1.82) is 10.5 Å². The lowest BCUT2D eigenvalue weighted by Crippen LogP contribution is -2.30. The molecular formula is C16H16ClN3O3. The van der Waals surface area contributed by atoms with Gasteiger partial charge >= 0.3 is 0 Å². The van der Waals surface area contributed by atoms with Gasteiger partial charge in [0.2, 0.25) is 5.91 Å². The second kappa shape index (κ2) is 9.34. The van der Waals surface area contributed by atoms with E-state index in [1.54, 1.807) is 12.1 Å². The average Bonchev–Trinajstić information content (AvgIpc) is 2.52. The summed E-state index contributed by atoms with van der Waals surface area (Å²) in [5, 5.41) is 17.7. The molecule has 1 amide bonds. The number of hydrogen-bond donors (Lipinski definition) is 0. The SMILES string of the molecule is CCOc1cc(/C=C/C(=O)N(CC#N)CC#N)cc(Cl)c1OC. The minimum Gasteiger partial charge on any atom is -0.491 e. The normalized spacial score (nSPS) is 9.96. The van der Waals surface area contributed by atoms with Crippen LogP contribution < -0.4 is 9.47 Å². The molecule has 23 heavy (non-hydrogen) atoms. The molecule has 0 aliphatic carbocycles. The average molecular weight is 334 g/mol. The molecule has 1 rings (SSSR count). The topological polar surface area (TPSA) is 86.4 Å². The highest BCUT2D eigenvalue weighted by Gasteiger charge is 2.12. The molecule has 0 saturated heterocycles. The molecule has 0 unspecified atom stereocenters. The third-order valence-corrected chi connectivity index (χ3v) is 3.07. The fourth-order valence-corrected chi connectivity index (χ4v) is 2.10. The third kappa shape index (κ3) is 5.21. The van der Waals surface area contributed by atoms with Gasteiger partial charge in [0.05, 0.1) is 30.9 Å². The van der Waals surface area contributed by atoms with Crippen molar-refractivity contribution in [2.45, 2.75) is 6.92 Å². The van der Waals surface area contributed by atoms with E-state index in [4.69, 9.17) is 31.6 Å². The smallest absolute Gasteiger partial charge is 0.248 e. The Morgan fingerprint density at radius 2 is 2.00 bits per heavy atom. The van der Waals surface area contributed by atoms with Gasteiger partial charge in [-0.25, -0.2) is 0 Å². The summed E-state index contributed by atoms with van der Waals surface area (Å²) in [5.41, 5.74) is 0.640. The van der Waals surface area contributed by atoms with E-state index in [-0.39, 0.29) is 13.1 Å². The van der Waals surface area contributed by atoms with Crippen LogP contribution in [0.5, 0.6) is 11.5 Å². The van der Waals surface area contributed by atoms with Gasteiger partial charge < -0.3 is 14.4 Å². The molecule has 0 N–H and O–H groups in total. The van der Waals surface area contributed by atoms with E-state index in [9.17, 15) is 4.79 Å². The Bertz CT molecular complexity index is 658. The lowest BCUT2D eigenvalue weighted by Gasteiger charge is -2.13. The molecule has 0 fully saturated rings. The summed E-state index contributed by atoms with van der Waals surface area (Å²) in [4.78, 5) is 13.1. The van der Waals surface area contributed by atoms with Crippen molar-refractivity contribution in [2.75, 3.05) is 26.8 Å². The van der Waals surface area contributed by atoms with Crippen molar-refractivity contribution in [3.8, 4) is 23.6 Å². The quantitative estimate of drug-likeness (QED) is 0.565. The monoisotopic (exact) mass is 333 g/mol. The number of rotatable bonds is 7. The predicted octanol–water partition coefficient (Wildman–Crippen LogP) is 2.64. The van der Waals surface area contributed by atoms with Crippen LogP contribution in [-0.2, 0) is 4.79 Å². The van der Waals surface area contributed by atoms with Gasteiger partial charge in [-0.1, -0.05) is 11.6 Å². The predicted molar refractivity (Wildman–Crippen MR) is 86.0 cm³/mol. The number of carbonyl (C=O) groups is 1. The van der Waals surface area contributed by atoms with Crippen molar-refractivity contribution < 1.29 is 14.3 Å². The second-order valence-electron chi connectivity index (χ2n) is 4.31. The first-order chi connectivity index (χ1) is 11.1. The van der Waals surface area contributed by atoms with E-state index in [0.29, 0.717) is 28.7 Å². The summed E-state index contributed by atoms with van der Waals surface area (Å²) in [6.07, 6.45) is 2.82. The molecule has 7 heteroatoms. The Hall–Kier alpha value is -2.70. The number of ether oxygens (including phenoxy) is 2. The van der Waals surface area contributed by atoms with Crippen LogP contribution in [0.25, 0.3) is 6.08 Å². The zero-order valence-corrected chi connectivity index (χ0v) is 13.6. The summed E-state index contributed by atoms with van der Waals surface area (Å²) >= 11 is 6.13. The summed E-state index contributed by atoms with van der Waals surface area (Å²) in [6, 6.07) is 7.01. The summed E-state index contributed by atoms with van der Waals surface area (Å²) in [7, 11) is 1.49. The Kier molecular flexibility index (Phi) is 7.45. The number of hydrogen-bond acceptors (Lipinski definition) is 5. The Morgan fingerprint density at radius 3 is 2.52 bits per heavy atom. The van der Waals surface area contributed by atoms with Gasteiger partial charge in [-0.05, 0) is 30.7 Å². The summed E-state index contributed by atoms with van der Waals surface area (Å²) < 4.78 is 10.6. The van der Waals surface area contributed by atoms with Crippen molar-refractivity contribution in [1.82, 2.24) is 4.90 Å². The highest BCUT2D eigenvalue weighted by atomic mass is 35.5. The van der Waals surface area contributed by atoms with Gasteiger partial charge in [0.1, 0.15) is 13.1 Å². The molecule has 120 valence electrons. The largest absolute Gasteiger partial charge is 0.491 e. The van der Waals surface area contributed by atoms with Crippen molar-refractivity contribution in [3.05, 3.63) is 28.8 Å². The zero-order valence-electron chi connectivity index (χ0n) is 12.9. The van der Waals surface area contributed by atoms with Gasteiger partial charge in [0, 0.05) is 6.08 Å². The van der Waals surface area contributed by atoms with Crippen LogP contribution in [0.2, 0.25) is 5.02 Å². The molecule has 0 aliphatic rings. The standard InChI is InChI=1S/C16H16ClN3O3/c1-3-23-14-11-12(10-13(17)16(14)22-2)4-5-15(21)20(8-6-18)9-7-19/h4-5,10-11H,3,8-9H2,1-2H3/b5-4+. The first kappa shape index (κ1) is 18.3. The van der Waals surface area contributed by atoms with E-state index in [2.05, 4.69) is 0 Å². The molecule has 0 spiro atoms. The summed E-state index contributed by atoms with van der Waals surface area (Å²) in [5.74, 6) is 0.464. The molecule has 0 saturated carbocycles. The van der Waals surface area contributed by atoms with Gasteiger partial charge in [-0.2, -0.15) is 10.5 Å². The lowest BCUT2D eigenvalue weighted by molar-refractivity contribution is -0.124. The number of nitrogens with zero attached hydrogens (tertiary/aromatic N) is 3. The van der Waals surface area contributed by atoms with Crippen molar-refractivity contribution >= 4 is 23.6 Å². The minimum atomic E-state index is -0.432. The van der Waals surface area contributed by atoms with Crippen molar-refractivity contribution in [3.63, 3.8) is 0 Å². The van der Waals surface area contributed by atoms with Crippen LogP contribution in [0, 0.1) is 22.7 Å². The van der Waals surface area contributed by atoms with Crippen molar-refractivity contribution in [2.24, 2.45) is 0 Å². The molecular weight excluding hydrogens is 318 g/mol. The zero-order chi connectivity index (χ0) is 17.2. The molecule has 0 aliphatic heterocycles. The van der Waals surface area contributed by atoms with E-state index >= 15 is 0 Å². The summed E-state index contributed by atoms with van der Waals surface area (Å²) in [6.45, 7) is 1.98. The second-order valence-corrected chi connectivity index (χ2v) is 4.72. The Balaban J connectivity index is 3.02. The maximum absolute atomic E-state index is 12.0. The van der Waals surface area contributed by atoms with Gasteiger partial charge in [0.25, 0.3) is 0 Å². The molecule has 0 heterocycles. The molecule has 0 radical (unpaired) electrons. The fourth-order valence-electron chi connectivity index (χ4n) is 1.80. The van der Waals surface area contributed by atoms with Crippen LogP contribution in [0.15, 0.2) is 18.2 Å². The van der Waals surface area contributed by atoms with Crippen LogP contribution >= 0.6 is 11.6 Å². The maximum Gasteiger partial charge on any atom is 0.248 e. The number of carbonyl (C=O) groups excluding carboxylic acids is 1. The van der Waals surface area contributed by atoms with Gasteiger partial charge in [-0.15, -0.1) is 0 Å². The molecule has 1 aromatic carbocycles. The Morgan fingerprint density at radius 1 is 1.35 bits per heavy atom. The Labute approximate surface area is 140 Å². The molecule has 0 aromatic heterocycles. The molecule has 1 aromatic rings. The lowest BCUT2D eigenvalue weighted by atomic mass is 10.2. The van der Waals surface area contributed by atoms with Crippen LogP contribution in [0.1, 0.15) is 12.5 Å². The molecule has 0 atom stereocenters. The fraction of sp³-hybridized carbons (Fsp3) is 0.312. The van der Waals surface area contributed by atoms with E-state index in [1.165, 1.54) is 19.3 Å². The number of benzene rings is 1. The molecule has 0 bridgehead atoms. The number of nitriles is 2. The van der Waals surface area contributed by atoms with E-state index in [0.717, 1.165) is 4.90 Å². The highest BCUT2D eigenvalue weighted by Crippen LogP contribution is 2.36. The first-order valence-corrected chi connectivity index (χ1v) is 7.16. The maximum atomic E-state index is 12.0. The number of amides is 1. The van der Waals surface area contributed by atoms with E-state index < -0.39 is 5.91 Å². The van der Waals surface area contributed by atoms with Crippen LogP contribution in [0.3, 0.4) is 0 Å². The van der Waals surface area contributed by atoms with Gasteiger partial charge in [0.15, 0.2) is 11.5 Å². The first-order valence-electron chi connectivity index (χ1n) is 6.78. The van der Waals surface area contributed by atoms with E-state index in [1.807, 2.05) is 19.1 Å².